The van der Waals surface area contributed by atoms with E-state index in [1.165, 1.54) is 37.9 Å². The third-order valence-electron chi connectivity index (χ3n) is 3.49. The third kappa shape index (κ3) is 3.24. The Morgan fingerprint density at radius 3 is 2.62 bits per heavy atom. The van der Waals surface area contributed by atoms with Crippen LogP contribution in [-0.4, -0.2) is 31.1 Å². The van der Waals surface area contributed by atoms with E-state index in [0.717, 1.165) is 12.6 Å². The van der Waals surface area contributed by atoms with Gasteiger partial charge < -0.3 is 10.2 Å². The highest BCUT2D eigenvalue weighted by molar-refractivity contribution is 5.42. The van der Waals surface area contributed by atoms with Crippen LogP contribution in [-0.2, 0) is 0 Å². The van der Waals surface area contributed by atoms with Gasteiger partial charge in [-0.3, -0.25) is 0 Å². The quantitative estimate of drug-likeness (QED) is 0.738. The van der Waals surface area contributed by atoms with Crippen LogP contribution in [0.1, 0.15) is 25.7 Å². The molecule has 1 aliphatic rings. The van der Waals surface area contributed by atoms with Gasteiger partial charge in [-0.1, -0.05) is 24.6 Å². The summed E-state index contributed by atoms with van der Waals surface area (Å²) in [7, 11) is 2.26. The van der Waals surface area contributed by atoms with Crippen molar-refractivity contribution in [3.63, 3.8) is 0 Å². The molecule has 0 unspecified atom stereocenters. The molecule has 1 aliphatic carbocycles. The van der Waals surface area contributed by atoms with E-state index in [1.54, 1.807) is 0 Å². The second-order valence-corrected chi connectivity index (χ2v) is 4.71. The number of para-hydroxylation sites is 1. The predicted molar refractivity (Wildman–Crippen MR) is 69.8 cm³/mol. The lowest BCUT2D eigenvalue weighted by atomic mass is 9.92. The van der Waals surface area contributed by atoms with E-state index in [2.05, 4.69) is 47.6 Å². The average Bonchev–Trinajstić information content (AvgIpc) is 2.23. The summed E-state index contributed by atoms with van der Waals surface area (Å²) in [5, 5.41) is 3.45. The van der Waals surface area contributed by atoms with E-state index < -0.39 is 0 Å². The number of nitrogens with zero attached hydrogens (tertiary/aromatic N) is 1. The topological polar surface area (TPSA) is 15.3 Å². The molecule has 16 heavy (non-hydrogen) atoms. The van der Waals surface area contributed by atoms with E-state index in [9.17, 15) is 0 Å². The summed E-state index contributed by atoms with van der Waals surface area (Å²) in [6.07, 6.45) is 5.46. The van der Waals surface area contributed by atoms with Gasteiger partial charge >= 0.3 is 0 Å². The highest BCUT2D eigenvalue weighted by atomic mass is 15.1. The van der Waals surface area contributed by atoms with Crippen molar-refractivity contribution in [2.75, 3.05) is 25.5 Å². The Balaban J connectivity index is 1.58. The maximum Gasteiger partial charge on any atom is 0.0340 e. The zero-order valence-corrected chi connectivity index (χ0v) is 10.2. The third-order valence-corrected chi connectivity index (χ3v) is 3.49. The lowest BCUT2D eigenvalue weighted by Crippen LogP contribution is -2.38. The molecule has 0 heterocycles. The second kappa shape index (κ2) is 5.90. The van der Waals surface area contributed by atoms with Crippen molar-refractivity contribution in [1.29, 1.82) is 0 Å². The van der Waals surface area contributed by atoms with Crippen molar-refractivity contribution in [3.8, 4) is 0 Å². The fourth-order valence-electron chi connectivity index (χ4n) is 2.13. The largest absolute Gasteiger partial charge is 0.385 e. The first kappa shape index (κ1) is 11.5. The number of benzene rings is 1. The van der Waals surface area contributed by atoms with E-state index in [0.29, 0.717) is 0 Å². The standard InChI is InChI=1S/C14H22N2/c1-16(14-9-5-10-14)12-6-11-15-13-7-3-2-4-8-13/h2-4,7-8,14-15H,5-6,9-12H2,1H3. The van der Waals surface area contributed by atoms with Crippen LogP contribution in [0.25, 0.3) is 0 Å². The van der Waals surface area contributed by atoms with Crippen LogP contribution in [0.3, 0.4) is 0 Å². The van der Waals surface area contributed by atoms with Crippen LogP contribution in [0.15, 0.2) is 30.3 Å². The minimum absolute atomic E-state index is 0.872. The minimum atomic E-state index is 0.872. The number of rotatable bonds is 6. The number of anilines is 1. The van der Waals surface area contributed by atoms with Gasteiger partial charge in [0.2, 0.25) is 0 Å². The van der Waals surface area contributed by atoms with Crippen LogP contribution in [0.4, 0.5) is 5.69 Å². The summed E-state index contributed by atoms with van der Waals surface area (Å²) in [6, 6.07) is 11.3. The summed E-state index contributed by atoms with van der Waals surface area (Å²) < 4.78 is 0. The van der Waals surface area contributed by atoms with Crippen molar-refractivity contribution < 1.29 is 0 Å². The van der Waals surface area contributed by atoms with Crippen LogP contribution < -0.4 is 5.32 Å². The molecule has 2 heteroatoms. The predicted octanol–water partition coefficient (Wildman–Crippen LogP) is 2.97. The van der Waals surface area contributed by atoms with Crippen molar-refractivity contribution in [1.82, 2.24) is 4.90 Å². The fraction of sp³-hybridized carbons (Fsp3) is 0.571. The highest BCUT2D eigenvalue weighted by Crippen LogP contribution is 2.23. The molecule has 0 aromatic heterocycles. The van der Waals surface area contributed by atoms with Gasteiger partial charge in [-0.05, 0) is 45.0 Å². The van der Waals surface area contributed by atoms with Gasteiger partial charge in [0.25, 0.3) is 0 Å². The monoisotopic (exact) mass is 218 g/mol. The van der Waals surface area contributed by atoms with E-state index in [4.69, 9.17) is 0 Å². The number of nitrogens with one attached hydrogen (secondary N) is 1. The molecule has 1 aromatic rings. The van der Waals surface area contributed by atoms with E-state index in [-0.39, 0.29) is 0 Å². The zero-order valence-electron chi connectivity index (χ0n) is 10.2. The van der Waals surface area contributed by atoms with Gasteiger partial charge in [0.1, 0.15) is 0 Å². The Morgan fingerprint density at radius 2 is 2.00 bits per heavy atom. The van der Waals surface area contributed by atoms with Crippen molar-refractivity contribution in [2.45, 2.75) is 31.7 Å². The van der Waals surface area contributed by atoms with Crippen LogP contribution in [0, 0.1) is 0 Å². The summed E-state index contributed by atoms with van der Waals surface area (Å²) in [4.78, 5) is 2.51. The van der Waals surface area contributed by atoms with Crippen LogP contribution >= 0.6 is 0 Å². The van der Waals surface area contributed by atoms with Gasteiger partial charge in [-0.2, -0.15) is 0 Å². The molecule has 88 valence electrons. The van der Waals surface area contributed by atoms with Crippen molar-refractivity contribution in [2.24, 2.45) is 0 Å². The van der Waals surface area contributed by atoms with Gasteiger partial charge in [-0.15, -0.1) is 0 Å². The first-order valence-corrected chi connectivity index (χ1v) is 6.35. The molecule has 1 saturated carbocycles. The first-order valence-electron chi connectivity index (χ1n) is 6.35. The average molecular weight is 218 g/mol. The summed E-state index contributed by atoms with van der Waals surface area (Å²) >= 11 is 0. The Morgan fingerprint density at radius 1 is 1.25 bits per heavy atom. The maximum absolute atomic E-state index is 3.45. The molecule has 0 aliphatic heterocycles. The second-order valence-electron chi connectivity index (χ2n) is 4.71. The van der Waals surface area contributed by atoms with Crippen LogP contribution in [0.2, 0.25) is 0 Å². The highest BCUT2D eigenvalue weighted by Gasteiger charge is 2.20. The molecule has 0 atom stereocenters. The number of hydrogen-bond acceptors (Lipinski definition) is 2. The van der Waals surface area contributed by atoms with E-state index in [1.807, 2.05) is 0 Å². The molecule has 0 radical (unpaired) electrons. The summed E-state index contributed by atoms with van der Waals surface area (Å²) in [5.41, 5.74) is 1.23. The minimum Gasteiger partial charge on any atom is -0.385 e. The zero-order chi connectivity index (χ0) is 11.2. The lowest BCUT2D eigenvalue weighted by molar-refractivity contribution is 0.159. The normalized spacial score (nSPS) is 16.1. The smallest absolute Gasteiger partial charge is 0.0340 e. The molecule has 0 amide bonds. The van der Waals surface area contributed by atoms with Gasteiger partial charge in [0.05, 0.1) is 0 Å². The summed E-state index contributed by atoms with van der Waals surface area (Å²) in [6.45, 7) is 2.28. The van der Waals surface area contributed by atoms with Gasteiger partial charge in [-0.25, -0.2) is 0 Å². The van der Waals surface area contributed by atoms with Gasteiger partial charge in [0.15, 0.2) is 0 Å². The lowest BCUT2D eigenvalue weighted by Gasteiger charge is -2.34. The maximum atomic E-state index is 3.45. The molecular formula is C14H22N2. The van der Waals surface area contributed by atoms with Crippen molar-refractivity contribution >= 4 is 5.69 Å². The number of hydrogen-bond donors (Lipinski definition) is 1. The molecule has 0 spiro atoms. The van der Waals surface area contributed by atoms with Crippen molar-refractivity contribution in [3.05, 3.63) is 30.3 Å². The molecule has 0 bridgehead atoms. The molecule has 0 saturated heterocycles. The van der Waals surface area contributed by atoms with E-state index >= 15 is 0 Å². The summed E-state index contributed by atoms with van der Waals surface area (Å²) in [5.74, 6) is 0. The molecule has 2 rings (SSSR count). The van der Waals surface area contributed by atoms with Gasteiger partial charge in [0, 0.05) is 18.3 Å². The molecule has 2 nitrogen and oxygen atoms in total. The Bertz CT molecular complexity index is 293. The molecule has 1 aromatic carbocycles. The Kier molecular flexibility index (Phi) is 4.23. The van der Waals surface area contributed by atoms with Crippen LogP contribution in [0.5, 0.6) is 0 Å². The molecule has 1 fully saturated rings. The Labute approximate surface area is 98.7 Å². The first-order chi connectivity index (χ1) is 7.86. The molecule has 1 N–H and O–H groups in total. The molecular weight excluding hydrogens is 196 g/mol. The Hall–Kier alpha value is -1.02. The fourth-order valence-corrected chi connectivity index (χ4v) is 2.13. The SMILES string of the molecule is CN(CCCNc1ccccc1)C1CCC1.